The minimum atomic E-state index is -0.525. The van der Waals surface area contributed by atoms with Gasteiger partial charge in [0.15, 0.2) is 6.61 Å². The first-order chi connectivity index (χ1) is 10.5. The highest BCUT2D eigenvalue weighted by Gasteiger charge is 2.12. The molecule has 2 aromatic rings. The smallest absolute Gasteiger partial charge is 0.269 e. The van der Waals surface area contributed by atoms with Crippen molar-refractivity contribution in [1.82, 2.24) is 9.78 Å². The molecule has 1 aromatic carbocycles. The molecule has 0 saturated carbocycles. The first-order valence-corrected chi connectivity index (χ1v) is 6.10. The minimum absolute atomic E-state index is 0.0645. The third kappa shape index (κ3) is 3.37. The first kappa shape index (κ1) is 15.0. The maximum atomic E-state index is 11.8. The van der Waals surface area contributed by atoms with Crippen LogP contribution in [-0.4, -0.2) is 27.2 Å². The summed E-state index contributed by atoms with van der Waals surface area (Å²) in [5.74, 6) is 0.129. The monoisotopic (exact) mass is 301 g/mol. The van der Waals surface area contributed by atoms with Crippen LogP contribution in [0, 0.1) is 21.4 Å². The predicted molar refractivity (Wildman–Crippen MR) is 75.1 cm³/mol. The third-order valence-electron chi connectivity index (χ3n) is 2.73. The van der Waals surface area contributed by atoms with E-state index in [1.165, 1.54) is 35.1 Å². The maximum Gasteiger partial charge on any atom is 0.269 e. The lowest BCUT2D eigenvalue weighted by atomic mass is 10.3. The Balaban J connectivity index is 1.94. The molecule has 0 radical (unpaired) electrons. The predicted octanol–water partition coefficient (Wildman–Crippen LogP) is 1.22. The molecule has 0 aliphatic rings. The maximum absolute atomic E-state index is 11.8. The van der Waals surface area contributed by atoms with E-state index in [4.69, 9.17) is 10.00 Å². The summed E-state index contributed by atoms with van der Waals surface area (Å²) in [5, 5.41) is 25.8. The van der Waals surface area contributed by atoms with Gasteiger partial charge in [-0.25, -0.2) is 0 Å². The zero-order valence-corrected chi connectivity index (χ0v) is 11.5. The van der Waals surface area contributed by atoms with Crippen molar-refractivity contribution in [3.05, 3.63) is 46.1 Å². The Labute approximate surface area is 124 Å². The van der Waals surface area contributed by atoms with E-state index in [9.17, 15) is 14.9 Å². The Hall–Kier alpha value is -3.41. The Morgan fingerprint density at radius 1 is 1.50 bits per heavy atom. The summed E-state index contributed by atoms with van der Waals surface area (Å²) >= 11 is 0. The molecule has 2 rings (SSSR count). The number of anilines is 1. The molecule has 0 fully saturated rings. The molecule has 1 aromatic heterocycles. The van der Waals surface area contributed by atoms with Crippen LogP contribution in [0.5, 0.6) is 5.75 Å². The first-order valence-electron chi connectivity index (χ1n) is 6.10. The molecule has 0 bridgehead atoms. The molecule has 0 spiro atoms. The van der Waals surface area contributed by atoms with E-state index < -0.39 is 10.8 Å². The lowest BCUT2D eigenvalue weighted by Crippen LogP contribution is -2.22. The second-order valence-corrected chi connectivity index (χ2v) is 4.23. The van der Waals surface area contributed by atoms with Crippen LogP contribution in [0.2, 0.25) is 0 Å². The van der Waals surface area contributed by atoms with Crippen molar-refractivity contribution in [2.75, 3.05) is 11.9 Å². The van der Waals surface area contributed by atoms with Gasteiger partial charge in [0.2, 0.25) is 0 Å². The summed E-state index contributed by atoms with van der Waals surface area (Å²) in [6.07, 6.45) is 1.34. The van der Waals surface area contributed by atoms with Crippen LogP contribution in [0.1, 0.15) is 5.56 Å². The van der Waals surface area contributed by atoms with E-state index in [-0.39, 0.29) is 23.7 Å². The van der Waals surface area contributed by atoms with Gasteiger partial charge in [-0.1, -0.05) is 0 Å². The number of nitrogens with zero attached hydrogens (tertiary/aromatic N) is 4. The molecule has 0 aliphatic heterocycles. The number of hydrogen-bond donors (Lipinski definition) is 1. The van der Waals surface area contributed by atoms with Crippen molar-refractivity contribution in [1.29, 1.82) is 5.26 Å². The van der Waals surface area contributed by atoms with E-state index in [1.54, 1.807) is 7.05 Å². The Kier molecular flexibility index (Phi) is 4.33. The normalized spacial score (nSPS) is 9.82. The van der Waals surface area contributed by atoms with Gasteiger partial charge in [0.1, 0.15) is 23.2 Å². The number of nitro benzene ring substituents is 1. The van der Waals surface area contributed by atoms with Gasteiger partial charge in [-0.15, -0.1) is 0 Å². The molecule has 22 heavy (non-hydrogen) atoms. The number of benzene rings is 1. The second kappa shape index (κ2) is 6.36. The third-order valence-corrected chi connectivity index (χ3v) is 2.73. The Morgan fingerprint density at radius 3 is 2.77 bits per heavy atom. The average molecular weight is 301 g/mol. The molecule has 1 N–H and O–H groups in total. The number of ether oxygens (including phenoxy) is 1. The number of amides is 1. The van der Waals surface area contributed by atoms with Crippen molar-refractivity contribution < 1.29 is 14.5 Å². The topological polar surface area (TPSA) is 123 Å². The van der Waals surface area contributed by atoms with Crippen LogP contribution in [0.4, 0.5) is 11.5 Å². The minimum Gasteiger partial charge on any atom is -0.484 e. The summed E-state index contributed by atoms with van der Waals surface area (Å²) in [6.45, 7) is -0.298. The van der Waals surface area contributed by atoms with Gasteiger partial charge in [-0.2, -0.15) is 10.4 Å². The SMILES string of the molecule is Cn1ncc(C#N)c1NC(=O)COc1ccc([N+](=O)[O-])cc1. The zero-order chi connectivity index (χ0) is 16.1. The van der Waals surface area contributed by atoms with Crippen molar-refractivity contribution in [2.24, 2.45) is 7.05 Å². The number of aryl methyl sites for hydroxylation is 1. The summed E-state index contributed by atoms with van der Waals surface area (Å²) in [6, 6.07) is 7.27. The second-order valence-electron chi connectivity index (χ2n) is 4.23. The lowest BCUT2D eigenvalue weighted by Gasteiger charge is -2.07. The lowest BCUT2D eigenvalue weighted by molar-refractivity contribution is -0.384. The van der Waals surface area contributed by atoms with E-state index >= 15 is 0 Å². The number of carbonyl (C=O) groups excluding carboxylic acids is 1. The molecule has 9 nitrogen and oxygen atoms in total. The molecule has 0 aliphatic carbocycles. The number of nitriles is 1. The summed E-state index contributed by atoms with van der Waals surface area (Å²) in [7, 11) is 1.59. The van der Waals surface area contributed by atoms with Crippen molar-refractivity contribution in [3.8, 4) is 11.8 Å². The van der Waals surface area contributed by atoms with Gasteiger partial charge >= 0.3 is 0 Å². The highest BCUT2D eigenvalue weighted by Crippen LogP contribution is 2.17. The van der Waals surface area contributed by atoms with Gasteiger partial charge in [-0.3, -0.25) is 19.6 Å². The van der Waals surface area contributed by atoms with Crippen LogP contribution >= 0.6 is 0 Å². The van der Waals surface area contributed by atoms with Crippen LogP contribution < -0.4 is 10.1 Å². The van der Waals surface area contributed by atoms with Gasteiger partial charge < -0.3 is 10.1 Å². The number of carbonyl (C=O) groups is 1. The van der Waals surface area contributed by atoms with Crippen molar-refractivity contribution in [3.63, 3.8) is 0 Å². The molecule has 1 amide bonds. The number of aromatic nitrogens is 2. The fourth-order valence-electron chi connectivity index (χ4n) is 1.65. The van der Waals surface area contributed by atoms with E-state index in [0.29, 0.717) is 5.75 Å². The Morgan fingerprint density at radius 2 is 2.18 bits per heavy atom. The van der Waals surface area contributed by atoms with Crippen LogP contribution in [-0.2, 0) is 11.8 Å². The molecular formula is C13H11N5O4. The van der Waals surface area contributed by atoms with Crippen LogP contribution in [0.15, 0.2) is 30.5 Å². The zero-order valence-electron chi connectivity index (χ0n) is 11.5. The Bertz CT molecular complexity index is 745. The molecule has 0 saturated heterocycles. The largest absolute Gasteiger partial charge is 0.484 e. The fraction of sp³-hybridized carbons (Fsp3) is 0.154. The van der Waals surface area contributed by atoms with Crippen LogP contribution in [0.3, 0.4) is 0 Å². The summed E-state index contributed by atoms with van der Waals surface area (Å²) in [4.78, 5) is 21.8. The van der Waals surface area contributed by atoms with Crippen molar-refractivity contribution >= 4 is 17.4 Å². The highest BCUT2D eigenvalue weighted by atomic mass is 16.6. The molecule has 0 unspecified atom stereocenters. The highest BCUT2D eigenvalue weighted by molar-refractivity contribution is 5.92. The number of nitro groups is 1. The number of nitrogens with one attached hydrogen (secondary N) is 1. The van der Waals surface area contributed by atoms with Gasteiger partial charge in [0, 0.05) is 19.2 Å². The summed E-state index contributed by atoms with van der Waals surface area (Å²) in [5.41, 5.74) is 0.177. The van der Waals surface area contributed by atoms with Crippen molar-refractivity contribution in [2.45, 2.75) is 0 Å². The molecule has 112 valence electrons. The summed E-state index contributed by atoms with van der Waals surface area (Å²) < 4.78 is 6.58. The van der Waals surface area contributed by atoms with E-state index in [0.717, 1.165) is 0 Å². The number of hydrogen-bond acceptors (Lipinski definition) is 6. The molecule has 9 heteroatoms. The molecule has 0 atom stereocenters. The van der Waals surface area contributed by atoms with Crippen LogP contribution in [0.25, 0.3) is 0 Å². The van der Waals surface area contributed by atoms with E-state index in [2.05, 4.69) is 10.4 Å². The average Bonchev–Trinajstić information content (AvgIpc) is 2.86. The number of rotatable bonds is 5. The van der Waals surface area contributed by atoms with Gasteiger partial charge in [-0.05, 0) is 12.1 Å². The van der Waals surface area contributed by atoms with Gasteiger partial charge in [0.05, 0.1) is 11.1 Å². The van der Waals surface area contributed by atoms with E-state index in [1.807, 2.05) is 6.07 Å². The quantitative estimate of drug-likeness (QED) is 0.654. The fourth-order valence-corrected chi connectivity index (χ4v) is 1.65. The van der Waals surface area contributed by atoms with Gasteiger partial charge in [0.25, 0.3) is 11.6 Å². The number of non-ortho nitro benzene ring substituents is 1. The molecule has 1 heterocycles. The standard InChI is InChI=1S/C13H11N5O4/c1-17-13(9(6-14)7-15-17)16-12(19)8-22-11-4-2-10(3-5-11)18(20)21/h2-5,7H,8H2,1H3,(H,16,19). The molecular weight excluding hydrogens is 290 g/mol.